The molecular weight excluding hydrogens is 482 g/mol. The number of hydrogen-bond acceptors (Lipinski definition) is 5. The lowest BCUT2D eigenvalue weighted by Gasteiger charge is -2.45. The van der Waals surface area contributed by atoms with Gasteiger partial charge in [-0.05, 0) is 36.4 Å². The summed E-state index contributed by atoms with van der Waals surface area (Å²) >= 11 is 0. The number of nitrogens with zero attached hydrogens (tertiary/aromatic N) is 2. The summed E-state index contributed by atoms with van der Waals surface area (Å²) in [6.07, 6.45) is 9.81. The Morgan fingerprint density at radius 3 is 1.87 bits per heavy atom. The average Bonchev–Trinajstić information content (AvgIpc) is 3.01. The first-order valence-electron chi connectivity index (χ1n) is 13.0. The fourth-order valence-corrected chi connectivity index (χ4v) is 6.08. The molecule has 0 amide bonds. The molecule has 8 rings (SSSR count). The van der Waals surface area contributed by atoms with Crippen molar-refractivity contribution in [3.63, 3.8) is 0 Å². The molecule has 0 radical (unpaired) electrons. The molecule has 0 aliphatic carbocycles. The Labute approximate surface area is 226 Å². The zero-order valence-corrected chi connectivity index (χ0v) is 21.0. The highest BCUT2D eigenvalue weighted by Crippen LogP contribution is 2.61. The van der Waals surface area contributed by atoms with Gasteiger partial charge in [-0.1, -0.05) is 72.8 Å². The van der Waals surface area contributed by atoms with E-state index in [1.165, 1.54) is 0 Å². The number of para-hydroxylation sites is 2. The molecule has 0 fully saturated rings. The van der Waals surface area contributed by atoms with Gasteiger partial charge in [0, 0.05) is 58.0 Å². The summed E-state index contributed by atoms with van der Waals surface area (Å²) < 4.78 is 13.2. The first-order chi connectivity index (χ1) is 19.3. The molecule has 5 aromatic rings. The maximum absolute atomic E-state index is 6.76. The smallest absolute Gasteiger partial charge is 0.159 e. The summed E-state index contributed by atoms with van der Waals surface area (Å²) in [5, 5.41) is 3.48. The van der Waals surface area contributed by atoms with Crippen molar-refractivity contribution in [3.05, 3.63) is 149 Å². The van der Waals surface area contributed by atoms with Crippen molar-refractivity contribution < 1.29 is 9.47 Å². The number of dihydropyridines is 1. The van der Waals surface area contributed by atoms with E-state index in [9.17, 15) is 0 Å². The lowest BCUT2D eigenvalue weighted by atomic mass is 9.62. The van der Waals surface area contributed by atoms with Gasteiger partial charge in [-0.2, -0.15) is 0 Å². The molecule has 3 aliphatic rings. The van der Waals surface area contributed by atoms with Crippen LogP contribution in [-0.4, -0.2) is 16.5 Å². The normalized spacial score (nSPS) is 15.4. The second kappa shape index (κ2) is 8.43. The van der Waals surface area contributed by atoms with Crippen molar-refractivity contribution in [3.8, 4) is 34.4 Å². The Morgan fingerprint density at radius 2 is 1.21 bits per heavy atom. The number of rotatable bonds is 2. The Morgan fingerprint density at radius 1 is 0.615 bits per heavy atom. The maximum atomic E-state index is 6.76. The largest absolute Gasteiger partial charge is 0.457 e. The second-order valence-corrected chi connectivity index (χ2v) is 9.83. The van der Waals surface area contributed by atoms with E-state index in [-0.39, 0.29) is 0 Å². The molecule has 0 saturated heterocycles. The van der Waals surface area contributed by atoms with Gasteiger partial charge in [0.1, 0.15) is 23.0 Å². The van der Waals surface area contributed by atoms with Crippen molar-refractivity contribution in [2.75, 3.05) is 6.54 Å². The molecule has 0 unspecified atom stereocenters. The first kappa shape index (κ1) is 21.9. The molecule has 5 nitrogen and oxygen atoms in total. The zero-order valence-electron chi connectivity index (χ0n) is 21.0. The predicted octanol–water partition coefficient (Wildman–Crippen LogP) is 7.24. The van der Waals surface area contributed by atoms with E-state index in [1.54, 1.807) is 12.4 Å². The number of benzene rings is 4. The van der Waals surface area contributed by atoms with Gasteiger partial charge < -0.3 is 14.8 Å². The molecular formula is C34H23N3O2. The number of hydrogen-bond donors (Lipinski definition) is 1. The summed E-state index contributed by atoms with van der Waals surface area (Å²) in [6.45, 7) is 0.801. The highest BCUT2D eigenvalue weighted by atomic mass is 16.5. The van der Waals surface area contributed by atoms with E-state index in [2.05, 4.69) is 94.2 Å². The molecule has 186 valence electrons. The van der Waals surface area contributed by atoms with Crippen molar-refractivity contribution >= 4 is 5.70 Å². The number of ether oxygens (including phenoxy) is 2. The Hall–Kier alpha value is -5.16. The fourth-order valence-electron chi connectivity index (χ4n) is 6.08. The summed E-state index contributed by atoms with van der Waals surface area (Å²) in [7, 11) is 0. The Balaban J connectivity index is 1.45. The van der Waals surface area contributed by atoms with Crippen LogP contribution in [0.25, 0.3) is 17.1 Å². The molecule has 4 heterocycles. The maximum Gasteiger partial charge on any atom is 0.159 e. The van der Waals surface area contributed by atoms with Crippen LogP contribution in [0.15, 0.2) is 122 Å². The van der Waals surface area contributed by atoms with E-state index >= 15 is 0 Å². The van der Waals surface area contributed by atoms with Gasteiger partial charge in [0.25, 0.3) is 0 Å². The molecule has 0 atom stereocenters. The van der Waals surface area contributed by atoms with Crippen LogP contribution < -0.4 is 14.8 Å². The van der Waals surface area contributed by atoms with E-state index in [4.69, 9.17) is 9.47 Å². The lowest BCUT2D eigenvalue weighted by molar-refractivity contribution is 0.399. The molecule has 1 N–H and O–H groups in total. The fraction of sp³-hybridized carbons (Fsp3) is 0.0588. The molecule has 5 heteroatoms. The zero-order chi connectivity index (χ0) is 25.8. The number of nitrogens with one attached hydrogen (secondary N) is 1. The SMILES string of the molecule is C1=CCNC(c2ccc3c(c2)Oc2cc(-c4ncccn4)ccc2C32c3ccccc3Oc3ccccc32)=C1. The lowest BCUT2D eigenvalue weighted by Crippen LogP contribution is -2.36. The Bertz CT molecular complexity index is 1780. The molecule has 3 aliphatic heterocycles. The van der Waals surface area contributed by atoms with Crippen molar-refractivity contribution in [2.45, 2.75) is 5.41 Å². The summed E-state index contributed by atoms with van der Waals surface area (Å²) in [6, 6.07) is 31.3. The molecule has 1 aromatic heterocycles. The van der Waals surface area contributed by atoms with Gasteiger partial charge in [0.15, 0.2) is 5.82 Å². The van der Waals surface area contributed by atoms with Crippen LogP contribution in [-0.2, 0) is 5.41 Å². The topological polar surface area (TPSA) is 56.3 Å². The minimum atomic E-state index is -0.628. The summed E-state index contributed by atoms with van der Waals surface area (Å²) in [5.41, 5.74) is 6.74. The van der Waals surface area contributed by atoms with Crippen molar-refractivity contribution in [1.29, 1.82) is 0 Å². The van der Waals surface area contributed by atoms with Gasteiger partial charge in [-0.15, -0.1) is 0 Å². The highest BCUT2D eigenvalue weighted by Gasteiger charge is 2.50. The monoisotopic (exact) mass is 505 g/mol. The molecule has 0 bridgehead atoms. The molecule has 39 heavy (non-hydrogen) atoms. The second-order valence-electron chi connectivity index (χ2n) is 9.83. The standard InChI is InChI=1S/C34H23N3O2/c1-3-11-29-24(8-1)34(25-9-2-4-12-30(25)38-29)26-15-13-22(28-10-5-6-17-35-28)20-31(26)39-32-21-23(14-16-27(32)34)33-36-18-7-19-37-33/h1-16,18-21,35H,17H2. The van der Waals surface area contributed by atoms with Crippen LogP contribution in [0.1, 0.15) is 27.8 Å². The van der Waals surface area contributed by atoms with Crippen LogP contribution in [0.2, 0.25) is 0 Å². The first-order valence-corrected chi connectivity index (χ1v) is 13.0. The van der Waals surface area contributed by atoms with Gasteiger partial charge in [0.2, 0.25) is 0 Å². The van der Waals surface area contributed by atoms with E-state index in [0.29, 0.717) is 5.82 Å². The van der Waals surface area contributed by atoms with Crippen LogP contribution in [0.3, 0.4) is 0 Å². The third-order valence-corrected chi connectivity index (χ3v) is 7.74. The third-order valence-electron chi connectivity index (χ3n) is 7.74. The van der Waals surface area contributed by atoms with Crippen LogP contribution >= 0.6 is 0 Å². The molecule has 0 saturated carbocycles. The average molecular weight is 506 g/mol. The quantitative estimate of drug-likeness (QED) is 0.268. The van der Waals surface area contributed by atoms with Crippen LogP contribution in [0, 0.1) is 0 Å². The van der Waals surface area contributed by atoms with E-state index in [0.717, 1.165) is 68.6 Å². The molecule has 1 spiro atoms. The number of fused-ring (bicyclic) bond motifs is 8. The van der Waals surface area contributed by atoms with E-state index < -0.39 is 5.41 Å². The highest BCUT2D eigenvalue weighted by molar-refractivity contribution is 5.78. The predicted molar refractivity (Wildman–Crippen MR) is 151 cm³/mol. The number of aromatic nitrogens is 2. The molecule has 4 aromatic carbocycles. The van der Waals surface area contributed by atoms with Gasteiger partial charge in [-0.3, -0.25) is 0 Å². The van der Waals surface area contributed by atoms with Crippen molar-refractivity contribution in [1.82, 2.24) is 15.3 Å². The van der Waals surface area contributed by atoms with Gasteiger partial charge in [0.05, 0.1) is 5.41 Å². The minimum absolute atomic E-state index is 0.628. The Kier molecular flexibility index (Phi) is 4.73. The van der Waals surface area contributed by atoms with Gasteiger partial charge in [-0.25, -0.2) is 9.97 Å². The minimum Gasteiger partial charge on any atom is -0.457 e. The third kappa shape index (κ3) is 3.20. The summed E-state index contributed by atoms with van der Waals surface area (Å²) in [4.78, 5) is 8.97. The van der Waals surface area contributed by atoms with Crippen LogP contribution in [0.4, 0.5) is 0 Å². The van der Waals surface area contributed by atoms with Crippen LogP contribution in [0.5, 0.6) is 23.0 Å². The van der Waals surface area contributed by atoms with E-state index in [1.807, 2.05) is 30.3 Å². The number of allylic oxidation sites excluding steroid dienone is 2. The van der Waals surface area contributed by atoms with Gasteiger partial charge >= 0.3 is 0 Å². The van der Waals surface area contributed by atoms with Crippen molar-refractivity contribution in [2.24, 2.45) is 0 Å². The summed E-state index contributed by atoms with van der Waals surface area (Å²) in [5.74, 6) is 3.94.